The summed E-state index contributed by atoms with van der Waals surface area (Å²) in [6.45, 7) is -0.0510. The normalized spacial score (nSPS) is 21.7. The van der Waals surface area contributed by atoms with E-state index in [0.29, 0.717) is 10.7 Å². The fraction of sp³-hybridized carbons (Fsp3) is 0.385. The fourth-order valence-corrected chi connectivity index (χ4v) is 2.56. The highest BCUT2D eigenvalue weighted by atomic mass is 35.5. The van der Waals surface area contributed by atoms with Gasteiger partial charge >= 0.3 is 0 Å². The fourth-order valence-electron chi connectivity index (χ4n) is 2.27. The summed E-state index contributed by atoms with van der Waals surface area (Å²) in [4.78, 5) is 5.42. The van der Waals surface area contributed by atoms with Crippen molar-refractivity contribution in [2.45, 2.75) is 24.8 Å². The summed E-state index contributed by atoms with van der Waals surface area (Å²) < 4.78 is 27.2. The van der Waals surface area contributed by atoms with E-state index in [1.807, 2.05) is 0 Å². The van der Waals surface area contributed by atoms with Crippen LogP contribution >= 0.6 is 23.2 Å². The number of hydrogen-bond donors (Lipinski definition) is 3. The van der Waals surface area contributed by atoms with Gasteiger partial charge in [0.15, 0.2) is 5.96 Å². The van der Waals surface area contributed by atoms with Gasteiger partial charge in [0.25, 0.3) is 5.92 Å². The summed E-state index contributed by atoms with van der Waals surface area (Å²) in [6, 6.07) is 3.65. The van der Waals surface area contributed by atoms with Crippen molar-refractivity contribution in [2.24, 2.45) is 16.5 Å². The minimum absolute atomic E-state index is 0.0482. The minimum atomic E-state index is -2.87. The molecule has 0 aliphatic carbocycles. The van der Waals surface area contributed by atoms with Gasteiger partial charge in [-0.05, 0) is 18.2 Å². The lowest BCUT2D eigenvalue weighted by Gasteiger charge is -2.39. The SMILES string of the molecule is N=C(N)N1CCC(F)(F)CC1C(N)=Nc1ccc(Cl)c(Cl)c1. The number of alkyl halides is 2. The van der Waals surface area contributed by atoms with Crippen LogP contribution in [0, 0.1) is 5.41 Å². The van der Waals surface area contributed by atoms with Crippen molar-refractivity contribution in [3.63, 3.8) is 0 Å². The third-order valence-electron chi connectivity index (χ3n) is 3.40. The predicted octanol–water partition coefficient (Wildman–Crippen LogP) is 2.98. The van der Waals surface area contributed by atoms with Crippen molar-refractivity contribution in [2.75, 3.05) is 6.54 Å². The molecule has 1 aromatic carbocycles. The number of halogens is 4. The molecule has 2 rings (SSSR count). The number of rotatable bonds is 2. The largest absolute Gasteiger partial charge is 0.385 e. The van der Waals surface area contributed by atoms with Gasteiger partial charge in [-0.15, -0.1) is 0 Å². The highest BCUT2D eigenvalue weighted by Crippen LogP contribution is 2.32. The van der Waals surface area contributed by atoms with Crippen LogP contribution in [-0.2, 0) is 0 Å². The van der Waals surface area contributed by atoms with E-state index >= 15 is 0 Å². The molecule has 0 saturated carbocycles. The van der Waals surface area contributed by atoms with Gasteiger partial charge in [0, 0.05) is 19.4 Å². The third kappa shape index (κ3) is 3.78. The van der Waals surface area contributed by atoms with E-state index in [4.69, 9.17) is 40.1 Å². The Morgan fingerprint density at radius 3 is 2.59 bits per heavy atom. The van der Waals surface area contributed by atoms with Crippen molar-refractivity contribution in [3.05, 3.63) is 28.2 Å². The number of guanidine groups is 1. The Kier molecular flexibility index (Phi) is 4.77. The maximum Gasteiger partial charge on any atom is 0.252 e. The van der Waals surface area contributed by atoms with Crippen molar-refractivity contribution in [1.29, 1.82) is 5.41 Å². The second-order valence-electron chi connectivity index (χ2n) is 5.04. The summed E-state index contributed by atoms with van der Waals surface area (Å²) in [6.07, 6.45) is -0.910. The number of hydrogen-bond acceptors (Lipinski definition) is 2. The van der Waals surface area contributed by atoms with Crippen molar-refractivity contribution in [3.8, 4) is 0 Å². The monoisotopic (exact) mass is 349 g/mol. The van der Waals surface area contributed by atoms with Crippen molar-refractivity contribution in [1.82, 2.24) is 4.90 Å². The topological polar surface area (TPSA) is 91.5 Å². The lowest BCUT2D eigenvalue weighted by molar-refractivity contribution is -0.0526. The lowest BCUT2D eigenvalue weighted by Crippen LogP contribution is -2.56. The molecule has 0 radical (unpaired) electrons. The molecule has 1 heterocycles. The zero-order valence-electron chi connectivity index (χ0n) is 11.5. The molecule has 120 valence electrons. The summed E-state index contributed by atoms with van der Waals surface area (Å²) in [5.41, 5.74) is 11.7. The van der Waals surface area contributed by atoms with Gasteiger partial charge in [0.1, 0.15) is 5.84 Å². The van der Waals surface area contributed by atoms with Crippen LogP contribution in [-0.4, -0.2) is 35.2 Å². The highest BCUT2D eigenvalue weighted by Gasteiger charge is 2.42. The Morgan fingerprint density at radius 1 is 1.32 bits per heavy atom. The van der Waals surface area contributed by atoms with Crippen molar-refractivity contribution >= 4 is 40.7 Å². The first kappa shape index (κ1) is 16.8. The predicted molar refractivity (Wildman–Crippen MR) is 84.3 cm³/mol. The maximum absolute atomic E-state index is 13.6. The molecular formula is C13H15Cl2F2N5. The molecule has 1 atom stereocenters. The average molecular weight is 350 g/mol. The molecule has 1 aromatic rings. The second-order valence-corrected chi connectivity index (χ2v) is 5.85. The maximum atomic E-state index is 13.6. The molecule has 22 heavy (non-hydrogen) atoms. The average Bonchev–Trinajstić information content (AvgIpc) is 2.41. The van der Waals surface area contributed by atoms with Crippen molar-refractivity contribution < 1.29 is 8.78 Å². The first-order chi connectivity index (χ1) is 10.2. The summed E-state index contributed by atoms with van der Waals surface area (Å²) in [7, 11) is 0. The highest BCUT2D eigenvalue weighted by molar-refractivity contribution is 6.42. The first-order valence-corrected chi connectivity index (χ1v) is 7.23. The van der Waals surface area contributed by atoms with Crippen LogP contribution in [0.15, 0.2) is 23.2 Å². The quantitative estimate of drug-likeness (QED) is 0.566. The van der Waals surface area contributed by atoms with Crippen LogP contribution in [0.2, 0.25) is 10.0 Å². The molecule has 9 heteroatoms. The van der Waals surface area contributed by atoms with E-state index < -0.39 is 18.4 Å². The van der Waals surface area contributed by atoms with Crippen LogP contribution in [0.3, 0.4) is 0 Å². The number of piperidine rings is 1. The van der Waals surface area contributed by atoms with Crippen LogP contribution in [0.5, 0.6) is 0 Å². The van der Waals surface area contributed by atoms with E-state index in [-0.39, 0.29) is 29.8 Å². The molecule has 1 aliphatic heterocycles. The second kappa shape index (κ2) is 6.26. The molecule has 0 spiro atoms. The number of nitrogens with two attached hydrogens (primary N) is 2. The molecule has 0 aromatic heterocycles. The van der Waals surface area contributed by atoms with E-state index in [1.54, 1.807) is 6.07 Å². The standard InChI is InChI=1S/C13H15Cl2F2N5/c14-8-2-1-7(5-9(8)15)21-11(18)10-6-13(16,17)3-4-22(10)12(19)20/h1-2,5,10H,3-4,6H2,(H2,18,21)(H3,19,20). The smallest absolute Gasteiger partial charge is 0.252 e. The zero-order valence-corrected chi connectivity index (χ0v) is 13.0. The van der Waals surface area contributed by atoms with E-state index in [0.717, 1.165) is 0 Å². The van der Waals surface area contributed by atoms with Gasteiger partial charge < -0.3 is 16.4 Å². The Bertz CT molecular complexity index is 620. The Morgan fingerprint density at radius 2 is 2.00 bits per heavy atom. The lowest BCUT2D eigenvalue weighted by atomic mass is 9.98. The molecule has 0 bridgehead atoms. The zero-order chi connectivity index (χ0) is 16.5. The number of benzene rings is 1. The number of nitrogens with one attached hydrogen (secondary N) is 1. The summed E-state index contributed by atoms with van der Waals surface area (Å²) in [5, 5.41) is 8.13. The van der Waals surface area contributed by atoms with E-state index in [9.17, 15) is 8.78 Å². The first-order valence-electron chi connectivity index (χ1n) is 6.47. The molecule has 0 amide bonds. The number of aliphatic imine (C=N–C) groups is 1. The van der Waals surface area contributed by atoms with Gasteiger partial charge in [-0.25, -0.2) is 13.8 Å². The van der Waals surface area contributed by atoms with Gasteiger partial charge in [-0.3, -0.25) is 5.41 Å². The van der Waals surface area contributed by atoms with Gasteiger partial charge in [-0.2, -0.15) is 0 Å². The summed E-state index contributed by atoms with van der Waals surface area (Å²) in [5.74, 6) is -3.23. The molecule has 1 saturated heterocycles. The Labute approximate surface area is 136 Å². The van der Waals surface area contributed by atoms with Crippen LogP contribution < -0.4 is 11.5 Å². The molecule has 1 aliphatic rings. The van der Waals surface area contributed by atoms with Crippen LogP contribution in [0.4, 0.5) is 14.5 Å². The Hall–Kier alpha value is -1.60. The van der Waals surface area contributed by atoms with E-state index in [1.165, 1.54) is 17.0 Å². The van der Waals surface area contributed by atoms with Crippen LogP contribution in [0.25, 0.3) is 0 Å². The molecular weight excluding hydrogens is 335 g/mol. The summed E-state index contributed by atoms with van der Waals surface area (Å²) >= 11 is 11.7. The van der Waals surface area contributed by atoms with Gasteiger partial charge in [0.2, 0.25) is 0 Å². The molecule has 5 nitrogen and oxygen atoms in total. The van der Waals surface area contributed by atoms with E-state index in [2.05, 4.69) is 4.99 Å². The van der Waals surface area contributed by atoms with Gasteiger partial charge in [0.05, 0.1) is 21.8 Å². The van der Waals surface area contributed by atoms with Gasteiger partial charge in [-0.1, -0.05) is 23.2 Å². The van der Waals surface area contributed by atoms with Crippen LogP contribution in [0.1, 0.15) is 12.8 Å². The molecule has 1 unspecified atom stereocenters. The Balaban J connectivity index is 2.30. The number of amidine groups is 1. The third-order valence-corrected chi connectivity index (χ3v) is 4.14. The number of likely N-dealkylation sites (tertiary alicyclic amines) is 1. The number of nitrogens with zero attached hydrogens (tertiary/aromatic N) is 2. The molecule has 5 N–H and O–H groups in total. The molecule has 1 fully saturated rings. The minimum Gasteiger partial charge on any atom is -0.385 e.